The maximum Gasteiger partial charge on any atom is 0.305 e. The summed E-state index contributed by atoms with van der Waals surface area (Å²) in [6, 6.07) is 6.63. The average molecular weight is 310 g/mol. The molecule has 0 spiro atoms. The molecule has 4 nitrogen and oxygen atoms in total. The number of hydrogen-bond donors (Lipinski definition) is 2. The zero-order valence-corrected chi connectivity index (χ0v) is 13.1. The molecule has 0 heterocycles. The standard InChI is InChI=1S/C16H20ClNO3/c1-16(2,3)13(10-15(20)21)18-14(19)9-6-11-4-7-12(17)8-5-11/h4-9,13H,10H2,1-3H3,(H,18,19)(H,20,21)/b9-6+. The molecule has 1 aromatic carbocycles. The molecule has 1 rings (SSSR count). The summed E-state index contributed by atoms with van der Waals surface area (Å²) in [5, 5.41) is 12.3. The van der Waals surface area contributed by atoms with Crippen LogP contribution in [0, 0.1) is 5.41 Å². The number of carboxylic acids is 1. The van der Waals surface area contributed by atoms with Gasteiger partial charge in [-0.3, -0.25) is 9.59 Å². The highest BCUT2D eigenvalue weighted by Crippen LogP contribution is 2.22. The Hall–Kier alpha value is -1.81. The van der Waals surface area contributed by atoms with Crippen LogP contribution in [0.15, 0.2) is 30.3 Å². The van der Waals surface area contributed by atoms with Gasteiger partial charge in [-0.1, -0.05) is 44.5 Å². The molecule has 1 unspecified atom stereocenters. The fourth-order valence-corrected chi connectivity index (χ4v) is 1.84. The van der Waals surface area contributed by atoms with Crippen molar-refractivity contribution in [3.63, 3.8) is 0 Å². The van der Waals surface area contributed by atoms with Gasteiger partial charge in [-0.05, 0) is 29.2 Å². The highest BCUT2D eigenvalue weighted by Gasteiger charge is 2.27. The Morgan fingerprint density at radius 2 is 1.86 bits per heavy atom. The van der Waals surface area contributed by atoms with Crippen molar-refractivity contribution < 1.29 is 14.7 Å². The lowest BCUT2D eigenvalue weighted by Crippen LogP contribution is -2.44. The number of nitrogens with one attached hydrogen (secondary N) is 1. The number of rotatable bonds is 5. The van der Waals surface area contributed by atoms with Gasteiger partial charge >= 0.3 is 5.97 Å². The molecule has 5 heteroatoms. The molecule has 0 saturated carbocycles. The van der Waals surface area contributed by atoms with E-state index < -0.39 is 12.0 Å². The van der Waals surface area contributed by atoms with Crippen molar-refractivity contribution >= 4 is 29.6 Å². The SMILES string of the molecule is CC(C)(C)C(CC(=O)O)NC(=O)/C=C/c1ccc(Cl)cc1. The van der Waals surface area contributed by atoms with E-state index in [9.17, 15) is 9.59 Å². The third-order valence-electron chi connectivity index (χ3n) is 3.04. The van der Waals surface area contributed by atoms with Crippen LogP contribution in [0.1, 0.15) is 32.8 Å². The van der Waals surface area contributed by atoms with Gasteiger partial charge in [-0.2, -0.15) is 0 Å². The van der Waals surface area contributed by atoms with E-state index in [1.807, 2.05) is 20.8 Å². The zero-order valence-electron chi connectivity index (χ0n) is 12.4. The monoisotopic (exact) mass is 309 g/mol. The Bertz CT molecular complexity index is 529. The van der Waals surface area contributed by atoms with Gasteiger partial charge in [0.05, 0.1) is 6.42 Å². The fourth-order valence-electron chi connectivity index (χ4n) is 1.71. The lowest BCUT2D eigenvalue weighted by atomic mass is 9.84. The van der Waals surface area contributed by atoms with Crippen molar-refractivity contribution in [2.45, 2.75) is 33.2 Å². The summed E-state index contributed by atoms with van der Waals surface area (Å²) in [5.74, 6) is -1.25. The first-order chi connectivity index (χ1) is 9.68. The van der Waals surface area contributed by atoms with Gasteiger partial charge in [0, 0.05) is 17.1 Å². The summed E-state index contributed by atoms with van der Waals surface area (Å²) in [6.45, 7) is 5.68. The maximum absolute atomic E-state index is 11.9. The van der Waals surface area contributed by atoms with Crippen LogP contribution in [-0.4, -0.2) is 23.0 Å². The Balaban J connectivity index is 2.69. The van der Waals surface area contributed by atoms with Crippen LogP contribution in [0.3, 0.4) is 0 Å². The van der Waals surface area contributed by atoms with E-state index in [0.29, 0.717) is 5.02 Å². The Labute approximate surface area is 129 Å². The molecule has 1 aromatic rings. The first-order valence-electron chi connectivity index (χ1n) is 6.64. The van der Waals surface area contributed by atoms with Crippen LogP contribution < -0.4 is 5.32 Å². The minimum Gasteiger partial charge on any atom is -0.481 e. The number of carboxylic acid groups (broad SMARTS) is 1. The van der Waals surface area contributed by atoms with Crippen LogP contribution >= 0.6 is 11.6 Å². The summed E-state index contributed by atoms with van der Waals surface area (Å²) in [5.41, 5.74) is 0.516. The third kappa shape index (κ3) is 6.45. The zero-order chi connectivity index (χ0) is 16.0. The van der Waals surface area contributed by atoms with E-state index in [1.54, 1.807) is 30.3 Å². The molecule has 0 aliphatic rings. The number of carbonyl (C=O) groups is 2. The van der Waals surface area contributed by atoms with Gasteiger partial charge in [0.2, 0.25) is 5.91 Å². The Kier molecular flexibility index (Phi) is 5.97. The molecule has 0 bridgehead atoms. The molecule has 0 radical (unpaired) electrons. The van der Waals surface area contributed by atoms with E-state index in [4.69, 9.17) is 16.7 Å². The lowest BCUT2D eigenvalue weighted by Gasteiger charge is -2.29. The van der Waals surface area contributed by atoms with E-state index in [1.165, 1.54) is 6.08 Å². The van der Waals surface area contributed by atoms with Gasteiger partial charge < -0.3 is 10.4 Å². The lowest BCUT2D eigenvalue weighted by molar-refractivity contribution is -0.138. The van der Waals surface area contributed by atoms with E-state index >= 15 is 0 Å². The summed E-state index contributed by atoms with van der Waals surface area (Å²) in [7, 11) is 0. The predicted molar refractivity (Wildman–Crippen MR) is 84.1 cm³/mol. The molecule has 1 atom stereocenters. The minimum absolute atomic E-state index is 0.107. The molecule has 1 amide bonds. The van der Waals surface area contributed by atoms with Crippen molar-refractivity contribution in [2.75, 3.05) is 0 Å². The van der Waals surface area contributed by atoms with Crippen LogP contribution in [0.5, 0.6) is 0 Å². The molecule has 2 N–H and O–H groups in total. The van der Waals surface area contributed by atoms with Gasteiger partial charge in [-0.25, -0.2) is 0 Å². The Morgan fingerprint density at radius 3 is 2.33 bits per heavy atom. The molecule has 114 valence electrons. The summed E-state index contributed by atoms with van der Waals surface area (Å²) in [4.78, 5) is 22.8. The number of amides is 1. The van der Waals surface area contributed by atoms with E-state index in [-0.39, 0.29) is 17.7 Å². The molecular formula is C16H20ClNO3. The predicted octanol–water partition coefficient (Wildman–Crippen LogP) is 3.36. The van der Waals surface area contributed by atoms with Crippen LogP contribution in [0.25, 0.3) is 6.08 Å². The second-order valence-electron chi connectivity index (χ2n) is 5.91. The molecule has 0 aliphatic carbocycles. The van der Waals surface area contributed by atoms with Gasteiger partial charge in [-0.15, -0.1) is 0 Å². The number of carbonyl (C=O) groups excluding carboxylic acids is 1. The van der Waals surface area contributed by atoms with Gasteiger partial charge in [0.25, 0.3) is 0 Å². The third-order valence-corrected chi connectivity index (χ3v) is 3.29. The van der Waals surface area contributed by atoms with Crippen molar-refractivity contribution in [3.05, 3.63) is 40.9 Å². The quantitative estimate of drug-likeness (QED) is 0.820. The van der Waals surface area contributed by atoms with Crippen molar-refractivity contribution in [2.24, 2.45) is 5.41 Å². The van der Waals surface area contributed by atoms with E-state index in [2.05, 4.69) is 5.32 Å². The maximum atomic E-state index is 11.9. The number of aliphatic carboxylic acids is 1. The summed E-state index contributed by atoms with van der Waals surface area (Å²) >= 11 is 5.78. The molecule has 21 heavy (non-hydrogen) atoms. The first-order valence-corrected chi connectivity index (χ1v) is 7.02. The van der Waals surface area contributed by atoms with Crippen LogP contribution in [0.4, 0.5) is 0 Å². The van der Waals surface area contributed by atoms with Crippen molar-refractivity contribution in [3.8, 4) is 0 Å². The highest BCUT2D eigenvalue weighted by atomic mass is 35.5. The fraction of sp³-hybridized carbons (Fsp3) is 0.375. The molecule has 0 fully saturated rings. The van der Waals surface area contributed by atoms with Crippen molar-refractivity contribution in [1.29, 1.82) is 0 Å². The molecular weight excluding hydrogens is 290 g/mol. The normalized spacial score (nSPS) is 13.1. The first kappa shape index (κ1) is 17.2. The second kappa shape index (κ2) is 7.27. The average Bonchev–Trinajstić information content (AvgIpc) is 2.36. The van der Waals surface area contributed by atoms with Crippen molar-refractivity contribution in [1.82, 2.24) is 5.32 Å². The number of halogens is 1. The Morgan fingerprint density at radius 1 is 1.29 bits per heavy atom. The number of hydrogen-bond acceptors (Lipinski definition) is 2. The smallest absolute Gasteiger partial charge is 0.305 e. The van der Waals surface area contributed by atoms with Gasteiger partial charge in [0.1, 0.15) is 0 Å². The summed E-state index contributed by atoms with van der Waals surface area (Å²) < 4.78 is 0. The van der Waals surface area contributed by atoms with Gasteiger partial charge in [0.15, 0.2) is 0 Å². The van der Waals surface area contributed by atoms with Crippen LogP contribution in [-0.2, 0) is 9.59 Å². The minimum atomic E-state index is -0.933. The topological polar surface area (TPSA) is 66.4 Å². The largest absolute Gasteiger partial charge is 0.481 e. The highest BCUT2D eigenvalue weighted by molar-refractivity contribution is 6.30. The second-order valence-corrected chi connectivity index (χ2v) is 6.35. The van der Waals surface area contributed by atoms with E-state index in [0.717, 1.165) is 5.56 Å². The molecule has 0 aliphatic heterocycles. The summed E-state index contributed by atoms with van der Waals surface area (Å²) in [6.07, 6.45) is 2.94. The molecule has 0 saturated heterocycles. The number of benzene rings is 1. The van der Waals surface area contributed by atoms with Crippen LogP contribution in [0.2, 0.25) is 5.02 Å². The molecule has 0 aromatic heterocycles.